The van der Waals surface area contributed by atoms with Crippen LogP contribution in [-0.4, -0.2) is 45.3 Å². The Labute approximate surface area is 132 Å². The van der Waals surface area contributed by atoms with E-state index in [2.05, 4.69) is 0 Å². The standard InChI is InChI=1S/C16H17NO6/c18-14(12-10-6-7-11(23-10)13(12)15(19)20)17(16(21)22)8-9-4-2-1-3-5-9/h1-5,10-13H,6-8H2,(H,19,20)(H,21,22). The molecule has 1 aromatic carbocycles. The lowest BCUT2D eigenvalue weighted by molar-refractivity contribution is -0.150. The summed E-state index contributed by atoms with van der Waals surface area (Å²) in [5.41, 5.74) is 0.666. The molecule has 2 aliphatic heterocycles. The first-order valence-electron chi connectivity index (χ1n) is 7.45. The zero-order valence-electron chi connectivity index (χ0n) is 12.3. The molecule has 2 amide bonds. The number of carboxylic acids is 1. The minimum atomic E-state index is -1.38. The first kappa shape index (κ1) is 15.5. The molecule has 0 aromatic heterocycles. The maximum absolute atomic E-state index is 12.7. The number of hydrogen-bond acceptors (Lipinski definition) is 4. The van der Waals surface area contributed by atoms with Gasteiger partial charge >= 0.3 is 12.1 Å². The maximum atomic E-state index is 12.7. The van der Waals surface area contributed by atoms with Gasteiger partial charge in [0, 0.05) is 0 Å². The lowest BCUT2D eigenvalue weighted by Crippen LogP contribution is -2.47. The predicted molar refractivity (Wildman–Crippen MR) is 77.5 cm³/mol. The van der Waals surface area contributed by atoms with Gasteiger partial charge in [-0.15, -0.1) is 0 Å². The third-order valence-electron chi connectivity index (χ3n) is 4.52. The van der Waals surface area contributed by atoms with Crippen LogP contribution in [0, 0.1) is 11.8 Å². The first-order valence-corrected chi connectivity index (χ1v) is 7.45. The Morgan fingerprint density at radius 2 is 1.65 bits per heavy atom. The molecule has 4 unspecified atom stereocenters. The number of hydrogen-bond donors (Lipinski definition) is 2. The molecule has 23 heavy (non-hydrogen) atoms. The number of carbonyl (C=O) groups excluding carboxylic acids is 1. The fourth-order valence-electron chi connectivity index (χ4n) is 3.49. The van der Waals surface area contributed by atoms with Gasteiger partial charge in [-0.3, -0.25) is 9.59 Å². The molecule has 3 rings (SSSR count). The Morgan fingerprint density at radius 3 is 2.22 bits per heavy atom. The van der Waals surface area contributed by atoms with Crippen molar-refractivity contribution in [3.63, 3.8) is 0 Å². The summed E-state index contributed by atoms with van der Waals surface area (Å²) in [6, 6.07) is 8.73. The van der Waals surface area contributed by atoms with E-state index in [0.717, 1.165) is 0 Å². The Bertz CT molecular complexity index is 631. The smallest absolute Gasteiger partial charge is 0.414 e. The van der Waals surface area contributed by atoms with E-state index >= 15 is 0 Å². The van der Waals surface area contributed by atoms with Crippen LogP contribution >= 0.6 is 0 Å². The van der Waals surface area contributed by atoms with Gasteiger partial charge in [0.2, 0.25) is 5.91 Å². The highest BCUT2D eigenvalue weighted by molar-refractivity contribution is 5.95. The molecule has 4 atom stereocenters. The fraction of sp³-hybridized carbons (Fsp3) is 0.438. The quantitative estimate of drug-likeness (QED) is 0.873. The Kier molecular flexibility index (Phi) is 4.04. The molecule has 2 saturated heterocycles. The van der Waals surface area contributed by atoms with Gasteiger partial charge in [0.15, 0.2) is 0 Å². The normalized spacial score (nSPS) is 28.5. The van der Waals surface area contributed by atoms with Crippen LogP contribution in [0.3, 0.4) is 0 Å². The molecule has 1 aromatic rings. The molecule has 0 radical (unpaired) electrons. The molecular formula is C16H17NO6. The van der Waals surface area contributed by atoms with Crippen molar-refractivity contribution >= 4 is 18.0 Å². The van der Waals surface area contributed by atoms with E-state index in [-0.39, 0.29) is 6.54 Å². The van der Waals surface area contributed by atoms with Gasteiger partial charge < -0.3 is 14.9 Å². The number of imide groups is 1. The Balaban J connectivity index is 1.83. The molecule has 2 fully saturated rings. The summed E-state index contributed by atoms with van der Waals surface area (Å²) in [6.45, 7) is -0.102. The number of carbonyl (C=O) groups is 3. The number of aliphatic carboxylic acids is 1. The summed E-state index contributed by atoms with van der Waals surface area (Å²) in [5, 5.41) is 18.7. The third-order valence-corrected chi connectivity index (χ3v) is 4.52. The second-order valence-corrected chi connectivity index (χ2v) is 5.87. The third kappa shape index (κ3) is 2.79. The second kappa shape index (κ2) is 6.00. The van der Waals surface area contributed by atoms with Gasteiger partial charge in [0.25, 0.3) is 0 Å². The highest BCUT2D eigenvalue weighted by Crippen LogP contribution is 2.44. The van der Waals surface area contributed by atoms with E-state index < -0.39 is 42.0 Å². The van der Waals surface area contributed by atoms with E-state index in [1.807, 2.05) is 0 Å². The van der Waals surface area contributed by atoms with Crippen LogP contribution in [0.4, 0.5) is 4.79 Å². The van der Waals surface area contributed by atoms with Crippen LogP contribution in [0.25, 0.3) is 0 Å². The van der Waals surface area contributed by atoms with Crippen molar-refractivity contribution in [1.82, 2.24) is 4.90 Å². The van der Waals surface area contributed by atoms with E-state index in [1.165, 1.54) is 0 Å². The van der Waals surface area contributed by atoms with Crippen LogP contribution < -0.4 is 0 Å². The predicted octanol–water partition coefficient (Wildman–Crippen LogP) is 1.57. The molecule has 7 nitrogen and oxygen atoms in total. The van der Waals surface area contributed by atoms with Crippen molar-refractivity contribution in [2.75, 3.05) is 0 Å². The van der Waals surface area contributed by atoms with Crippen LogP contribution in [0.5, 0.6) is 0 Å². The van der Waals surface area contributed by atoms with Crippen molar-refractivity contribution in [3.05, 3.63) is 35.9 Å². The average molecular weight is 319 g/mol. The van der Waals surface area contributed by atoms with E-state index in [9.17, 15) is 24.6 Å². The van der Waals surface area contributed by atoms with Crippen molar-refractivity contribution in [3.8, 4) is 0 Å². The summed E-state index contributed by atoms with van der Waals surface area (Å²) in [5.74, 6) is -3.72. The summed E-state index contributed by atoms with van der Waals surface area (Å²) in [7, 11) is 0. The first-order chi connectivity index (χ1) is 11.0. The summed E-state index contributed by atoms with van der Waals surface area (Å²) < 4.78 is 5.54. The summed E-state index contributed by atoms with van der Waals surface area (Å²) in [4.78, 5) is 36.4. The molecular weight excluding hydrogens is 302 g/mol. The number of carboxylic acid groups (broad SMARTS) is 2. The zero-order valence-corrected chi connectivity index (χ0v) is 12.3. The van der Waals surface area contributed by atoms with Gasteiger partial charge in [0.1, 0.15) is 0 Å². The van der Waals surface area contributed by atoms with Crippen LogP contribution in [0.2, 0.25) is 0 Å². The molecule has 2 aliphatic rings. The molecule has 7 heteroatoms. The summed E-state index contributed by atoms with van der Waals surface area (Å²) >= 11 is 0. The fourth-order valence-corrected chi connectivity index (χ4v) is 3.49. The van der Waals surface area contributed by atoms with E-state index in [0.29, 0.717) is 23.3 Å². The average Bonchev–Trinajstić information content (AvgIpc) is 3.13. The number of ether oxygens (including phenoxy) is 1. The SMILES string of the molecule is O=C(O)C1C2CCC(O2)C1C(=O)N(Cc1ccccc1)C(=O)O. The maximum Gasteiger partial charge on any atom is 0.414 e. The van der Waals surface area contributed by atoms with Gasteiger partial charge in [-0.25, -0.2) is 9.69 Å². The topological polar surface area (TPSA) is 104 Å². The van der Waals surface area contributed by atoms with Crippen LogP contribution in [0.15, 0.2) is 30.3 Å². The molecule has 122 valence electrons. The number of fused-ring (bicyclic) bond motifs is 2. The highest BCUT2D eigenvalue weighted by atomic mass is 16.5. The monoisotopic (exact) mass is 319 g/mol. The molecule has 2 bridgehead atoms. The molecule has 0 saturated carbocycles. The minimum absolute atomic E-state index is 0.102. The van der Waals surface area contributed by atoms with Gasteiger partial charge in [-0.2, -0.15) is 0 Å². The zero-order chi connectivity index (χ0) is 16.6. The van der Waals surface area contributed by atoms with Gasteiger partial charge in [0.05, 0.1) is 30.6 Å². The Morgan fingerprint density at radius 1 is 1.04 bits per heavy atom. The number of rotatable bonds is 4. The lowest BCUT2D eigenvalue weighted by Gasteiger charge is -2.28. The number of benzene rings is 1. The minimum Gasteiger partial charge on any atom is -0.481 e. The second-order valence-electron chi connectivity index (χ2n) is 5.87. The molecule has 0 aliphatic carbocycles. The molecule has 2 N–H and O–H groups in total. The Hall–Kier alpha value is -2.41. The summed E-state index contributed by atoms with van der Waals surface area (Å²) in [6.07, 6.45) is -1.21. The van der Waals surface area contributed by atoms with Crippen molar-refractivity contribution in [2.24, 2.45) is 11.8 Å². The van der Waals surface area contributed by atoms with Crippen LogP contribution in [0.1, 0.15) is 18.4 Å². The van der Waals surface area contributed by atoms with Gasteiger partial charge in [-0.05, 0) is 18.4 Å². The van der Waals surface area contributed by atoms with Gasteiger partial charge in [-0.1, -0.05) is 30.3 Å². The van der Waals surface area contributed by atoms with Crippen molar-refractivity contribution in [2.45, 2.75) is 31.6 Å². The number of nitrogens with zero attached hydrogens (tertiary/aromatic N) is 1. The largest absolute Gasteiger partial charge is 0.481 e. The van der Waals surface area contributed by atoms with Crippen LogP contribution in [-0.2, 0) is 20.9 Å². The van der Waals surface area contributed by atoms with E-state index in [1.54, 1.807) is 30.3 Å². The van der Waals surface area contributed by atoms with Crippen molar-refractivity contribution in [1.29, 1.82) is 0 Å². The lowest BCUT2D eigenvalue weighted by atomic mass is 9.78. The number of amides is 2. The van der Waals surface area contributed by atoms with Crippen molar-refractivity contribution < 1.29 is 29.3 Å². The highest BCUT2D eigenvalue weighted by Gasteiger charge is 2.56. The molecule has 2 heterocycles. The van der Waals surface area contributed by atoms with E-state index in [4.69, 9.17) is 4.74 Å². The molecule has 0 spiro atoms.